The van der Waals surface area contributed by atoms with Gasteiger partial charge in [0, 0.05) is 90.7 Å². The molecule has 21 heteroatoms. The van der Waals surface area contributed by atoms with Crippen molar-refractivity contribution >= 4 is 75.1 Å². The average Bonchev–Trinajstić information content (AvgIpc) is 3.99. The second-order valence-corrected chi connectivity index (χ2v) is 27.0. The van der Waals surface area contributed by atoms with Crippen LogP contribution in [0.2, 0.25) is 0 Å². The molecule has 0 radical (unpaired) electrons. The van der Waals surface area contributed by atoms with E-state index in [9.17, 15) is 38.4 Å². The van der Waals surface area contributed by atoms with Gasteiger partial charge in [-0.3, -0.25) is 38.6 Å². The molecule has 2 saturated carbocycles. The molecule has 0 spiro atoms. The first-order chi connectivity index (χ1) is 40.5. The van der Waals surface area contributed by atoms with Gasteiger partial charge in [0.2, 0.25) is 17.7 Å². The van der Waals surface area contributed by atoms with E-state index in [-0.39, 0.29) is 91.1 Å². The number of nitrogens with one attached hydrogen (secondary N) is 3. The number of carbonyl (C=O) groups excluding carboxylic acids is 7. The molecule has 3 saturated heterocycles. The SMILES string of the molecule is CC(C)(C)OC(=O)N(CCC1(CCNC(=O)C(NC(=O)c2cccc(C3CCCN(C(=O)CN(C(=O)OC(C)(C)C)C4CC4)C3)c2)C2CCCCC2)COC1)CC(=O)N1CCN(C(=O)c2cc(Cc3n[nH]c(=O)c4ccccc34)ccc2I)CC1. The first-order valence-corrected chi connectivity index (χ1v) is 31.4. The number of halogens is 1. The number of piperidine rings is 1. The van der Waals surface area contributed by atoms with Crippen molar-refractivity contribution in [2.24, 2.45) is 11.3 Å². The number of ether oxygens (including phenoxy) is 3. The van der Waals surface area contributed by atoms with Crippen LogP contribution in [0.4, 0.5) is 9.59 Å². The molecule has 1 aromatic heterocycles. The summed E-state index contributed by atoms with van der Waals surface area (Å²) >= 11 is 2.16. The van der Waals surface area contributed by atoms with Crippen molar-refractivity contribution in [2.75, 3.05) is 78.7 Å². The lowest BCUT2D eigenvalue weighted by molar-refractivity contribution is -0.136. The van der Waals surface area contributed by atoms with Gasteiger partial charge in [0.05, 0.1) is 29.9 Å². The van der Waals surface area contributed by atoms with Crippen LogP contribution in [0.3, 0.4) is 0 Å². The van der Waals surface area contributed by atoms with E-state index in [1.807, 2.05) is 80.3 Å². The maximum Gasteiger partial charge on any atom is 0.411 e. The van der Waals surface area contributed by atoms with Gasteiger partial charge in [0.25, 0.3) is 17.4 Å². The molecular weight excluding hydrogens is 1200 g/mol. The van der Waals surface area contributed by atoms with E-state index in [0.717, 1.165) is 77.9 Å². The Morgan fingerprint density at radius 2 is 1.44 bits per heavy atom. The van der Waals surface area contributed by atoms with E-state index >= 15 is 0 Å². The molecule has 2 atom stereocenters. The van der Waals surface area contributed by atoms with Gasteiger partial charge in [-0.1, -0.05) is 55.7 Å². The fourth-order valence-electron chi connectivity index (χ4n) is 12.0. The van der Waals surface area contributed by atoms with E-state index in [1.54, 1.807) is 47.6 Å². The summed E-state index contributed by atoms with van der Waals surface area (Å²) in [5.41, 5.74) is 1.34. The molecule has 7 amide bonds. The lowest BCUT2D eigenvalue weighted by atomic mass is 9.79. The first-order valence-electron chi connectivity index (χ1n) is 30.4. The summed E-state index contributed by atoms with van der Waals surface area (Å²) in [6.45, 7) is 14.1. The highest BCUT2D eigenvalue weighted by Gasteiger charge is 2.42. The van der Waals surface area contributed by atoms with Gasteiger partial charge in [-0.15, -0.1) is 0 Å². The summed E-state index contributed by atoms with van der Waals surface area (Å²) in [6, 6.07) is 19.7. The predicted molar refractivity (Wildman–Crippen MR) is 329 cm³/mol. The lowest BCUT2D eigenvalue weighted by Gasteiger charge is -2.43. The topological polar surface area (TPSA) is 233 Å². The third-order valence-corrected chi connectivity index (χ3v) is 17.9. The fourth-order valence-corrected chi connectivity index (χ4v) is 12.6. The summed E-state index contributed by atoms with van der Waals surface area (Å²) < 4.78 is 18.0. The largest absolute Gasteiger partial charge is 0.444 e. The van der Waals surface area contributed by atoms with Crippen LogP contribution in [-0.2, 0) is 35.0 Å². The molecule has 4 heterocycles. The number of H-pyrrole nitrogens is 1. The third-order valence-electron chi connectivity index (χ3n) is 17.0. The average molecular weight is 1280 g/mol. The van der Waals surface area contributed by atoms with Crippen LogP contribution in [0.15, 0.2) is 71.5 Å². The van der Waals surface area contributed by atoms with Crippen molar-refractivity contribution < 1.29 is 47.8 Å². The highest BCUT2D eigenvalue weighted by atomic mass is 127. The number of aromatic amines is 1. The highest BCUT2D eigenvalue weighted by molar-refractivity contribution is 14.1. The maximum atomic E-state index is 14.3. The fraction of sp³-hybridized carbons (Fsp3) is 0.578. The zero-order valence-corrected chi connectivity index (χ0v) is 52.3. The Hall–Kier alpha value is -6.62. The Morgan fingerprint density at radius 1 is 0.753 bits per heavy atom. The molecular formula is C64H84IN9O11. The number of fused-ring (bicyclic) bond motifs is 1. The number of benzene rings is 3. The molecule has 5 fully saturated rings. The number of nitrogens with zero attached hydrogens (tertiary/aromatic N) is 6. The van der Waals surface area contributed by atoms with Crippen molar-refractivity contribution in [3.63, 3.8) is 0 Å². The van der Waals surface area contributed by atoms with Crippen LogP contribution in [-0.4, -0.2) is 178 Å². The van der Waals surface area contributed by atoms with Crippen molar-refractivity contribution in [3.8, 4) is 0 Å². The van der Waals surface area contributed by atoms with Crippen molar-refractivity contribution in [3.05, 3.63) is 109 Å². The van der Waals surface area contributed by atoms with Gasteiger partial charge in [0.15, 0.2) is 0 Å². The number of hydrogen-bond donors (Lipinski definition) is 3. The highest BCUT2D eigenvalue weighted by Crippen LogP contribution is 2.36. The Bertz CT molecular complexity index is 3150. The minimum Gasteiger partial charge on any atom is -0.444 e. The standard InChI is InChI=1S/C64H84IN9O11/c1-62(2,3)84-60(81)73(38-53(75)70-30-32-71(33-31-70)59(80)50-34-42(21-24-51(50)65)35-52-48-19-10-11-20-49(48)57(78)69-68-52)29-26-64(40-83-41-64)25-27-66-58(79)55(43-14-8-7-9-15-43)67-56(77)45-17-12-16-44(36-45)46-18-13-28-72(37-46)54(76)39-74(47-22-23-47)61(82)85-63(4,5)6/h10-12,16-17,19-21,24,34,36,43,46-47,55H,7-9,13-15,18,22-23,25-33,35,37-41H2,1-6H3,(H,66,79)(H,67,77)(H,69,78). The van der Waals surface area contributed by atoms with Gasteiger partial charge >= 0.3 is 12.2 Å². The Balaban J connectivity index is 0.777. The zero-order chi connectivity index (χ0) is 60.6. The molecule has 0 bridgehead atoms. The number of rotatable bonds is 19. The number of likely N-dealkylation sites (tertiary alicyclic amines) is 1. The lowest BCUT2D eigenvalue weighted by Crippen LogP contribution is -2.54. The Morgan fingerprint density at radius 3 is 2.12 bits per heavy atom. The normalized spacial score (nSPS) is 18.6. The zero-order valence-electron chi connectivity index (χ0n) is 50.2. The number of hydrogen-bond acceptors (Lipinski definition) is 12. The molecule has 3 N–H and O–H groups in total. The molecule has 2 aliphatic carbocycles. The van der Waals surface area contributed by atoms with Crippen molar-refractivity contribution in [2.45, 2.75) is 148 Å². The van der Waals surface area contributed by atoms with Crippen molar-refractivity contribution in [1.82, 2.24) is 45.3 Å². The second-order valence-electron chi connectivity index (χ2n) is 25.9. The second kappa shape index (κ2) is 27.4. The van der Waals surface area contributed by atoms with Crippen LogP contribution in [0.5, 0.6) is 0 Å². The molecule has 458 valence electrons. The van der Waals surface area contributed by atoms with E-state index < -0.39 is 29.4 Å². The summed E-state index contributed by atoms with van der Waals surface area (Å²) in [7, 11) is 0. The number of aromatic nitrogens is 2. The molecule has 20 nitrogen and oxygen atoms in total. The predicted octanol–water partition coefficient (Wildman–Crippen LogP) is 8.04. The van der Waals surface area contributed by atoms with Gasteiger partial charge in [0.1, 0.15) is 30.3 Å². The van der Waals surface area contributed by atoms with Crippen LogP contribution in [0.1, 0.15) is 156 Å². The first kappa shape index (κ1) is 62.9. The molecule has 4 aromatic rings. The van der Waals surface area contributed by atoms with Crippen LogP contribution < -0.4 is 16.2 Å². The monoisotopic (exact) mass is 1280 g/mol. The van der Waals surface area contributed by atoms with Crippen LogP contribution >= 0.6 is 22.6 Å². The molecule has 2 unspecified atom stereocenters. The Labute approximate surface area is 511 Å². The summed E-state index contributed by atoms with van der Waals surface area (Å²) in [4.78, 5) is 118. The van der Waals surface area contributed by atoms with Crippen LogP contribution in [0.25, 0.3) is 10.8 Å². The smallest absolute Gasteiger partial charge is 0.411 e. The molecule has 5 aliphatic rings. The van der Waals surface area contributed by atoms with Gasteiger partial charge < -0.3 is 39.5 Å². The molecule has 85 heavy (non-hydrogen) atoms. The molecule has 3 aromatic carbocycles. The maximum absolute atomic E-state index is 14.3. The van der Waals surface area contributed by atoms with E-state index in [0.29, 0.717) is 87.4 Å². The van der Waals surface area contributed by atoms with Crippen LogP contribution in [0, 0.1) is 14.9 Å². The van der Waals surface area contributed by atoms with Gasteiger partial charge in [-0.25, -0.2) is 14.7 Å². The quantitative estimate of drug-likeness (QED) is 0.0758. The van der Waals surface area contributed by atoms with Gasteiger partial charge in [-0.2, -0.15) is 5.10 Å². The summed E-state index contributed by atoms with van der Waals surface area (Å²) in [5, 5.41) is 14.5. The molecule has 3 aliphatic heterocycles. The minimum absolute atomic E-state index is 0.0105. The number of piperazine rings is 1. The molecule has 9 rings (SSSR count). The Kier molecular flexibility index (Phi) is 20.3. The van der Waals surface area contributed by atoms with Gasteiger partial charge in [-0.05, 0) is 163 Å². The summed E-state index contributed by atoms with van der Waals surface area (Å²) in [5.74, 6) is -1.17. The number of carbonyl (C=O) groups is 7. The van der Waals surface area contributed by atoms with E-state index in [2.05, 4.69) is 43.4 Å². The minimum atomic E-state index is -0.818. The third kappa shape index (κ3) is 16.7. The number of amides is 7. The van der Waals surface area contributed by atoms with E-state index in [4.69, 9.17) is 14.2 Å². The van der Waals surface area contributed by atoms with E-state index in [1.165, 1.54) is 4.90 Å². The van der Waals surface area contributed by atoms with Crippen molar-refractivity contribution in [1.29, 1.82) is 0 Å². The summed E-state index contributed by atoms with van der Waals surface area (Å²) in [6.07, 6.45) is 8.30.